The summed E-state index contributed by atoms with van der Waals surface area (Å²) in [6, 6.07) is 71.9. The van der Waals surface area contributed by atoms with Gasteiger partial charge in [0, 0.05) is 54.5 Å². The molecular weight excluding hydrogens is 1130 g/mol. The topological polar surface area (TPSA) is 6.48 Å². The average molecular weight is 1220 g/mol. The molecule has 0 atom stereocenters. The highest BCUT2D eigenvalue weighted by molar-refractivity contribution is 9.10. The van der Waals surface area contributed by atoms with Crippen LogP contribution in [-0.2, 0) is 37.9 Å². The number of hydrogen-bond donors (Lipinski definition) is 0. The van der Waals surface area contributed by atoms with Crippen LogP contribution >= 0.6 is 27.5 Å². The molecule has 0 aliphatic rings. The zero-order chi connectivity index (χ0) is 62.9. The summed E-state index contributed by atoms with van der Waals surface area (Å²) in [5.41, 5.74) is 23.6. The van der Waals surface area contributed by atoms with Crippen LogP contribution in [0.15, 0.2) is 193 Å². The quantitative estimate of drug-likeness (QED) is 0.135. The molecule has 0 N–H and O–H groups in total. The van der Waals surface area contributed by atoms with Crippen LogP contribution in [0, 0.1) is 0 Å². The van der Waals surface area contributed by atoms with Gasteiger partial charge in [0.1, 0.15) is 0 Å². The van der Waals surface area contributed by atoms with Crippen molar-refractivity contribution in [1.82, 2.24) is 0 Å². The Kier molecular flexibility index (Phi) is 17.4. The first-order valence-corrected chi connectivity index (χ1v) is 32.1. The van der Waals surface area contributed by atoms with E-state index in [0.717, 1.165) is 83.1 Å². The third-order valence-corrected chi connectivity index (χ3v) is 17.8. The highest BCUT2D eigenvalue weighted by Crippen LogP contribution is 2.54. The fourth-order valence-electron chi connectivity index (χ4n) is 11.4. The van der Waals surface area contributed by atoms with Crippen molar-refractivity contribution in [3.63, 3.8) is 0 Å². The standard InChI is InChI=1S/C82H94BrClN2/c1-76(2,3)57-33-25-53(26-34-57)70-47-62(81(16,17)18)48-71(54-27-35-58(36-28-54)77(4,5)6)74(70)85(66-43-41-64(83)42-44-66)68-45-61(80(13,14)15)46-69(52-68)86(67-24-22-23-65(84)51-67)75-72(55-29-37-59(38-30-55)78(7,8)9)49-63(82(19,20)21)50-73(75)56-31-39-60(40-32-56)79(10,11)12/h22-52H,1-21H3. The second-order valence-electron chi connectivity index (χ2n) is 31.3. The van der Waals surface area contributed by atoms with E-state index >= 15 is 0 Å². The number of anilines is 6. The molecule has 0 bridgehead atoms. The number of halogens is 2. The molecule has 0 spiro atoms. The molecule has 0 aliphatic heterocycles. The van der Waals surface area contributed by atoms with Crippen LogP contribution in [0.3, 0.4) is 0 Å². The molecule has 0 fully saturated rings. The van der Waals surface area contributed by atoms with Crippen molar-refractivity contribution in [2.75, 3.05) is 9.80 Å². The molecule has 9 aromatic rings. The lowest BCUT2D eigenvalue weighted by atomic mass is 9.80. The van der Waals surface area contributed by atoms with Gasteiger partial charge >= 0.3 is 0 Å². The molecule has 2 nitrogen and oxygen atoms in total. The second-order valence-corrected chi connectivity index (χ2v) is 32.6. The van der Waals surface area contributed by atoms with Crippen molar-refractivity contribution < 1.29 is 0 Å². The maximum atomic E-state index is 7.27. The molecule has 0 saturated heterocycles. The summed E-state index contributed by atoms with van der Waals surface area (Å²) in [5, 5.41) is 0.665. The first-order valence-electron chi connectivity index (χ1n) is 30.9. The number of rotatable bonds is 10. The lowest BCUT2D eigenvalue weighted by Gasteiger charge is -2.36. The maximum absolute atomic E-state index is 7.27. The molecule has 9 rings (SSSR count). The highest BCUT2D eigenvalue weighted by atomic mass is 79.9. The zero-order valence-electron chi connectivity index (χ0n) is 55.5. The van der Waals surface area contributed by atoms with Crippen molar-refractivity contribution in [3.05, 3.63) is 236 Å². The van der Waals surface area contributed by atoms with Crippen molar-refractivity contribution in [2.24, 2.45) is 0 Å². The predicted molar refractivity (Wildman–Crippen MR) is 381 cm³/mol. The van der Waals surface area contributed by atoms with Gasteiger partial charge in [0.2, 0.25) is 0 Å². The van der Waals surface area contributed by atoms with Gasteiger partial charge in [-0.25, -0.2) is 0 Å². The molecule has 86 heavy (non-hydrogen) atoms. The summed E-state index contributed by atoms with van der Waals surface area (Å²) in [7, 11) is 0. The number of hydrogen-bond acceptors (Lipinski definition) is 2. The Morgan fingerprint density at radius 3 is 0.791 bits per heavy atom. The van der Waals surface area contributed by atoms with Crippen molar-refractivity contribution in [2.45, 2.75) is 183 Å². The molecule has 0 aliphatic carbocycles. The molecule has 0 amide bonds. The molecule has 0 unspecified atom stereocenters. The van der Waals surface area contributed by atoms with Crippen molar-refractivity contribution in [1.29, 1.82) is 0 Å². The minimum absolute atomic E-state index is 0.0186. The smallest absolute Gasteiger partial charge is 0.0618 e. The van der Waals surface area contributed by atoms with E-state index in [1.807, 2.05) is 6.07 Å². The van der Waals surface area contributed by atoms with Gasteiger partial charge in [0.25, 0.3) is 0 Å². The third-order valence-electron chi connectivity index (χ3n) is 17.1. The predicted octanol–water partition coefficient (Wildman–Crippen LogP) is 25.8. The molecule has 9 aromatic carbocycles. The van der Waals surface area contributed by atoms with Gasteiger partial charge in [-0.15, -0.1) is 0 Å². The zero-order valence-corrected chi connectivity index (χ0v) is 57.9. The molecule has 0 aromatic heterocycles. The minimum atomic E-state index is -0.295. The van der Waals surface area contributed by atoms with E-state index in [9.17, 15) is 0 Å². The van der Waals surface area contributed by atoms with E-state index in [1.54, 1.807) is 0 Å². The molecule has 0 saturated carbocycles. The Morgan fingerprint density at radius 1 is 0.256 bits per heavy atom. The van der Waals surface area contributed by atoms with Gasteiger partial charge in [-0.05, 0) is 184 Å². The van der Waals surface area contributed by atoms with Gasteiger partial charge < -0.3 is 9.80 Å². The highest BCUT2D eigenvalue weighted by Gasteiger charge is 2.32. The Labute approximate surface area is 532 Å². The summed E-state index contributed by atoms with van der Waals surface area (Å²) in [6.07, 6.45) is 0. The van der Waals surface area contributed by atoms with Crippen LogP contribution in [0.25, 0.3) is 44.5 Å². The van der Waals surface area contributed by atoms with Crippen LogP contribution in [-0.4, -0.2) is 0 Å². The molecule has 0 heterocycles. The lowest BCUT2D eigenvalue weighted by molar-refractivity contribution is 0.589. The summed E-state index contributed by atoms with van der Waals surface area (Å²) >= 11 is 11.1. The Bertz CT molecular complexity index is 3710. The second kappa shape index (κ2) is 23.5. The van der Waals surface area contributed by atoms with Crippen molar-refractivity contribution >= 4 is 61.7 Å². The van der Waals surface area contributed by atoms with Crippen molar-refractivity contribution in [3.8, 4) is 44.5 Å². The summed E-state index contributed by atoms with van der Waals surface area (Å²) in [6.45, 7) is 48.6. The average Bonchev–Trinajstić information content (AvgIpc) is 3.47. The first-order chi connectivity index (χ1) is 39.9. The maximum Gasteiger partial charge on any atom is 0.0618 e. The Hall–Kier alpha value is -6.65. The van der Waals surface area contributed by atoms with Gasteiger partial charge in [-0.3, -0.25) is 0 Å². The van der Waals surface area contributed by atoms with Crippen LogP contribution in [0.2, 0.25) is 5.02 Å². The third kappa shape index (κ3) is 14.0. The van der Waals surface area contributed by atoms with E-state index in [4.69, 9.17) is 11.6 Å². The van der Waals surface area contributed by atoms with E-state index in [0.29, 0.717) is 5.02 Å². The SMILES string of the molecule is CC(C)(C)c1ccc(-c2cc(C(C)(C)C)cc(-c3ccc(C(C)(C)C)cc3)c2N(c2ccc(Br)cc2)c2cc(N(c3cccc(Cl)c3)c3c(-c4ccc(C(C)(C)C)cc4)cc(C(C)(C)C)cc3-c3ccc(C(C)(C)C)cc3)cc(C(C)(C)C)c2)cc1. The monoisotopic (exact) mass is 1220 g/mol. The van der Waals surface area contributed by atoms with Crippen LogP contribution in [0.4, 0.5) is 34.1 Å². The lowest BCUT2D eigenvalue weighted by Crippen LogP contribution is -2.20. The van der Waals surface area contributed by atoms with Crippen LogP contribution in [0.5, 0.6) is 0 Å². The number of nitrogens with zero attached hydrogens (tertiary/aromatic N) is 2. The molecular formula is C82H94BrClN2. The summed E-state index contributed by atoms with van der Waals surface area (Å²) in [4.78, 5) is 5.06. The van der Waals surface area contributed by atoms with Gasteiger partial charge in [0.15, 0.2) is 0 Å². The Balaban J connectivity index is 1.48. The van der Waals surface area contributed by atoms with E-state index in [-0.39, 0.29) is 37.9 Å². The minimum Gasteiger partial charge on any atom is -0.309 e. The fraction of sp³-hybridized carbons (Fsp3) is 0.341. The largest absolute Gasteiger partial charge is 0.309 e. The summed E-state index contributed by atoms with van der Waals surface area (Å²) < 4.78 is 1.02. The van der Waals surface area contributed by atoms with Gasteiger partial charge in [-0.1, -0.05) is 276 Å². The normalized spacial score (nSPS) is 12.8. The van der Waals surface area contributed by atoms with Crippen LogP contribution in [0.1, 0.15) is 184 Å². The van der Waals surface area contributed by atoms with Gasteiger partial charge in [0.05, 0.1) is 11.4 Å². The Morgan fingerprint density at radius 2 is 0.523 bits per heavy atom. The molecule has 0 radical (unpaired) electrons. The number of benzene rings is 9. The van der Waals surface area contributed by atoms with Gasteiger partial charge in [-0.2, -0.15) is 0 Å². The van der Waals surface area contributed by atoms with Crippen LogP contribution < -0.4 is 9.80 Å². The molecule has 446 valence electrons. The molecule has 4 heteroatoms. The van der Waals surface area contributed by atoms with E-state index in [1.165, 1.54) is 38.9 Å². The summed E-state index contributed by atoms with van der Waals surface area (Å²) in [5.74, 6) is 0. The van der Waals surface area contributed by atoms with E-state index < -0.39 is 0 Å². The fourth-order valence-corrected chi connectivity index (χ4v) is 11.9. The van der Waals surface area contributed by atoms with E-state index in [2.05, 4.69) is 353 Å². The first kappa shape index (κ1) is 63.8.